The molecule has 12 heteroatoms. The zero-order valence-corrected chi connectivity index (χ0v) is 24.2. The second-order valence-electron chi connectivity index (χ2n) is 8.37. The van der Waals surface area contributed by atoms with Gasteiger partial charge in [0.05, 0.1) is 32.3 Å². The molecule has 0 radical (unpaired) electrons. The molecular formula is C28H20Cl2N4O4S2. The Kier molecular flexibility index (Phi) is 9.59. The van der Waals surface area contributed by atoms with Gasteiger partial charge >= 0.3 is 0 Å². The number of halogens is 2. The monoisotopic (exact) mass is 610 g/mol. The van der Waals surface area contributed by atoms with E-state index in [1.54, 1.807) is 62.4 Å². The zero-order chi connectivity index (χ0) is 28.8. The SMILES string of the molecule is Cc1c(N=C(SSC(=Nc2cccc([N+](=O)[O-])c2C)c2ccc(Cl)cc2)c2ccc(Cl)cc2)cccc1[N+](=O)[O-]. The van der Waals surface area contributed by atoms with Gasteiger partial charge in [0.15, 0.2) is 0 Å². The van der Waals surface area contributed by atoms with Crippen LogP contribution in [0.3, 0.4) is 0 Å². The number of nitrogens with zero attached hydrogens (tertiary/aromatic N) is 4. The summed E-state index contributed by atoms with van der Waals surface area (Å²) in [6.45, 7) is 3.31. The Morgan fingerprint density at radius 2 is 0.975 bits per heavy atom. The molecule has 0 aliphatic heterocycles. The predicted octanol–water partition coefficient (Wildman–Crippen LogP) is 9.66. The second-order valence-corrected chi connectivity index (χ2v) is 11.4. The van der Waals surface area contributed by atoms with Gasteiger partial charge in [0.1, 0.15) is 10.1 Å². The molecule has 4 aromatic carbocycles. The van der Waals surface area contributed by atoms with E-state index >= 15 is 0 Å². The Labute approximate surface area is 247 Å². The van der Waals surface area contributed by atoms with Crippen molar-refractivity contribution in [1.29, 1.82) is 0 Å². The molecule has 0 aliphatic rings. The molecule has 0 aromatic heterocycles. The van der Waals surface area contributed by atoms with Crippen molar-refractivity contribution in [3.63, 3.8) is 0 Å². The third-order valence-electron chi connectivity index (χ3n) is 5.77. The fourth-order valence-corrected chi connectivity index (χ4v) is 6.03. The van der Waals surface area contributed by atoms with Crippen LogP contribution in [0, 0.1) is 34.1 Å². The van der Waals surface area contributed by atoms with Crippen molar-refractivity contribution in [1.82, 2.24) is 0 Å². The summed E-state index contributed by atoms with van der Waals surface area (Å²) in [5.41, 5.74) is 3.20. The number of benzene rings is 4. The van der Waals surface area contributed by atoms with Gasteiger partial charge in [0.25, 0.3) is 11.4 Å². The van der Waals surface area contributed by atoms with Crippen molar-refractivity contribution >= 4 is 77.6 Å². The fourth-order valence-electron chi connectivity index (χ4n) is 3.61. The Hall–Kier alpha value is -3.70. The van der Waals surface area contributed by atoms with E-state index in [1.807, 2.05) is 24.3 Å². The minimum Gasteiger partial charge on any atom is -0.258 e. The molecule has 0 amide bonds. The summed E-state index contributed by atoms with van der Waals surface area (Å²) in [5, 5.41) is 25.2. The molecule has 0 unspecified atom stereocenters. The van der Waals surface area contributed by atoms with Gasteiger partial charge in [-0.2, -0.15) is 0 Å². The molecule has 0 atom stereocenters. The average molecular weight is 612 g/mol. The highest BCUT2D eigenvalue weighted by atomic mass is 35.5. The van der Waals surface area contributed by atoms with Gasteiger partial charge in [-0.1, -0.05) is 59.6 Å². The molecule has 0 aliphatic carbocycles. The zero-order valence-electron chi connectivity index (χ0n) is 21.1. The number of nitro benzene ring substituents is 2. The van der Waals surface area contributed by atoms with E-state index in [1.165, 1.54) is 33.7 Å². The van der Waals surface area contributed by atoms with Crippen LogP contribution in [0.1, 0.15) is 22.3 Å². The maximum atomic E-state index is 11.5. The molecule has 40 heavy (non-hydrogen) atoms. The van der Waals surface area contributed by atoms with Gasteiger partial charge in [-0.3, -0.25) is 20.2 Å². The lowest BCUT2D eigenvalue weighted by molar-refractivity contribution is -0.385. The molecule has 0 heterocycles. The summed E-state index contributed by atoms with van der Waals surface area (Å²) in [5.74, 6) is 0. The van der Waals surface area contributed by atoms with Crippen LogP contribution in [0.15, 0.2) is 94.9 Å². The smallest absolute Gasteiger partial charge is 0.258 e. The highest BCUT2D eigenvalue weighted by Crippen LogP contribution is 2.37. The molecule has 4 rings (SSSR count). The quantitative estimate of drug-likeness (QED) is 0.0706. The van der Waals surface area contributed by atoms with Crippen LogP contribution in [-0.2, 0) is 0 Å². The van der Waals surface area contributed by atoms with Crippen LogP contribution in [0.4, 0.5) is 22.7 Å². The van der Waals surface area contributed by atoms with Gasteiger partial charge in [-0.15, -0.1) is 0 Å². The molecular weight excluding hydrogens is 591 g/mol. The van der Waals surface area contributed by atoms with Crippen molar-refractivity contribution in [2.24, 2.45) is 9.98 Å². The highest BCUT2D eigenvalue weighted by Gasteiger charge is 2.18. The lowest BCUT2D eigenvalue weighted by Crippen LogP contribution is -1.99. The van der Waals surface area contributed by atoms with Crippen LogP contribution in [0.5, 0.6) is 0 Å². The van der Waals surface area contributed by atoms with Gasteiger partial charge in [-0.25, -0.2) is 9.98 Å². The normalized spacial score (nSPS) is 11.9. The summed E-state index contributed by atoms with van der Waals surface area (Å²) in [7, 11) is 2.59. The highest BCUT2D eigenvalue weighted by molar-refractivity contribution is 8.87. The molecule has 0 saturated heterocycles. The summed E-state index contributed by atoms with van der Waals surface area (Å²) >= 11 is 12.2. The van der Waals surface area contributed by atoms with Gasteiger partial charge in [0.2, 0.25) is 0 Å². The Balaban J connectivity index is 1.79. The summed E-state index contributed by atoms with van der Waals surface area (Å²) in [4.78, 5) is 31.7. The minimum atomic E-state index is -0.440. The van der Waals surface area contributed by atoms with E-state index in [4.69, 9.17) is 33.2 Å². The van der Waals surface area contributed by atoms with Crippen molar-refractivity contribution in [2.75, 3.05) is 0 Å². The fraction of sp³-hybridized carbons (Fsp3) is 0.0714. The largest absolute Gasteiger partial charge is 0.274 e. The number of rotatable bonds is 6. The molecule has 8 nitrogen and oxygen atoms in total. The molecule has 0 N–H and O–H groups in total. The van der Waals surface area contributed by atoms with Crippen molar-refractivity contribution in [2.45, 2.75) is 13.8 Å². The minimum absolute atomic E-state index is 0.0288. The van der Waals surface area contributed by atoms with Crippen LogP contribution in [0.25, 0.3) is 0 Å². The number of aliphatic imine (C=N–C) groups is 2. The first-order valence-corrected chi connectivity index (χ1v) is 14.6. The van der Waals surface area contributed by atoms with E-state index in [9.17, 15) is 20.2 Å². The molecule has 202 valence electrons. The topological polar surface area (TPSA) is 111 Å². The molecule has 4 aromatic rings. The first-order valence-electron chi connectivity index (χ1n) is 11.7. The molecule has 0 bridgehead atoms. The van der Waals surface area contributed by atoms with E-state index < -0.39 is 9.85 Å². The molecule has 0 saturated carbocycles. The van der Waals surface area contributed by atoms with Crippen LogP contribution in [0.2, 0.25) is 10.0 Å². The average Bonchev–Trinajstić information content (AvgIpc) is 2.92. The molecule has 0 fully saturated rings. The summed E-state index contributed by atoms with van der Waals surface area (Å²) in [6, 6.07) is 23.7. The Morgan fingerprint density at radius 3 is 1.30 bits per heavy atom. The first kappa shape index (κ1) is 29.3. The maximum Gasteiger partial charge on any atom is 0.274 e. The van der Waals surface area contributed by atoms with Crippen molar-refractivity contribution in [3.05, 3.63) is 137 Å². The number of hydrogen-bond acceptors (Lipinski definition) is 8. The van der Waals surface area contributed by atoms with Crippen LogP contribution >= 0.6 is 44.8 Å². The molecule has 0 spiro atoms. The number of hydrogen-bond donors (Lipinski definition) is 0. The van der Waals surface area contributed by atoms with E-state index in [2.05, 4.69) is 0 Å². The Bertz CT molecular complexity index is 1520. The number of nitro groups is 2. The van der Waals surface area contributed by atoms with Gasteiger partial charge in [0, 0.05) is 33.3 Å². The Morgan fingerprint density at radius 1 is 0.625 bits per heavy atom. The van der Waals surface area contributed by atoms with Crippen molar-refractivity contribution in [3.8, 4) is 0 Å². The summed E-state index contributed by atoms with van der Waals surface area (Å²) in [6.07, 6.45) is 0. The van der Waals surface area contributed by atoms with Gasteiger partial charge < -0.3 is 0 Å². The summed E-state index contributed by atoms with van der Waals surface area (Å²) < 4.78 is 0. The third-order valence-corrected chi connectivity index (χ3v) is 8.53. The lowest BCUT2D eigenvalue weighted by Gasteiger charge is -2.11. The van der Waals surface area contributed by atoms with E-state index in [0.717, 1.165) is 11.1 Å². The van der Waals surface area contributed by atoms with Crippen LogP contribution in [-0.4, -0.2) is 19.9 Å². The first-order chi connectivity index (χ1) is 19.1. The predicted molar refractivity (Wildman–Crippen MR) is 166 cm³/mol. The lowest BCUT2D eigenvalue weighted by atomic mass is 10.1. The maximum absolute atomic E-state index is 11.5. The standard InChI is InChI=1S/C28H20Cl2N4O4S2/c1-17-23(5-3-7-25(17)33(35)36)31-27(19-9-13-21(29)14-10-19)39-40-28(20-11-15-22(30)16-12-20)32-24-6-4-8-26(18(24)2)34(37)38/h3-16H,1-2H3. The van der Waals surface area contributed by atoms with Crippen molar-refractivity contribution < 1.29 is 9.85 Å². The second kappa shape index (κ2) is 13.1. The van der Waals surface area contributed by atoms with E-state index in [0.29, 0.717) is 42.6 Å². The van der Waals surface area contributed by atoms with E-state index in [-0.39, 0.29) is 11.4 Å². The van der Waals surface area contributed by atoms with Crippen LogP contribution < -0.4 is 0 Å². The third kappa shape index (κ3) is 7.08. The van der Waals surface area contributed by atoms with Gasteiger partial charge in [-0.05, 0) is 71.8 Å².